The summed E-state index contributed by atoms with van der Waals surface area (Å²) in [5.74, 6) is -0.0881. The molecule has 1 aromatic heterocycles. The van der Waals surface area contributed by atoms with Gasteiger partial charge in [-0.05, 0) is 12.1 Å². The molecule has 0 aliphatic heterocycles. The van der Waals surface area contributed by atoms with Crippen LogP contribution in [0.5, 0.6) is 11.5 Å². The Bertz CT molecular complexity index is 617. The number of hydrogen-bond donors (Lipinski definition) is 1. The maximum atomic E-state index is 12.2. The van der Waals surface area contributed by atoms with Crippen molar-refractivity contribution in [1.29, 1.82) is 0 Å². The number of methoxy groups -OCH3 is 1. The molecule has 0 saturated heterocycles. The molecule has 0 bridgehead atoms. The van der Waals surface area contributed by atoms with Crippen molar-refractivity contribution in [1.82, 2.24) is 9.97 Å². The van der Waals surface area contributed by atoms with E-state index >= 15 is 0 Å². The topological polar surface area (TPSA) is 70.3 Å². The van der Waals surface area contributed by atoms with Crippen LogP contribution in [0.2, 0.25) is 0 Å². The van der Waals surface area contributed by atoms with Crippen LogP contribution in [-0.4, -0.2) is 23.4 Å². The number of hydrogen-bond acceptors (Lipinski definition) is 5. The second-order valence-corrected chi connectivity index (χ2v) is 3.70. The Morgan fingerprint density at radius 2 is 1.85 bits per heavy atom. The molecule has 0 radical (unpaired) electrons. The third-order valence-electron chi connectivity index (χ3n) is 2.39. The van der Waals surface area contributed by atoms with E-state index in [2.05, 4.69) is 14.7 Å². The SMILES string of the molecule is COc1cc(OC(F)(F)F)ccc1-c1nccnc1N. The van der Waals surface area contributed by atoms with Gasteiger partial charge in [0.15, 0.2) is 0 Å². The van der Waals surface area contributed by atoms with Crippen LogP contribution in [0.3, 0.4) is 0 Å². The molecule has 0 amide bonds. The van der Waals surface area contributed by atoms with Crippen molar-refractivity contribution in [3.8, 4) is 22.8 Å². The summed E-state index contributed by atoms with van der Waals surface area (Å²) in [5, 5.41) is 0. The molecule has 1 aromatic carbocycles. The van der Waals surface area contributed by atoms with Gasteiger partial charge in [-0.2, -0.15) is 0 Å². The van der Waals surface area contributed by atoms with Crippen LogP contribution in [0.1, 0.15) is 0 Å². The van der Waals surface area contributed by atoms with Crippen LogP contribution in [0, 0.1) is 0 Å². The van der Waals surface area contributed by atoms with Crippen LogP contribution in [-0.2, 0) is 0 Å². The van der Waals surface area contributed by atoms with Gasteiger partial charge in [-0.1, -0.05) is 0 Å². The van der Waals surface area contributed by atoms with E-state index in [-0.39, 0.29) is 17.3 Å². The zero-order valence-electron chi connectivity index (χ0n) is 10.3. The van der Waals surface area contributed by atoms with Crippen LogP contribution in [0.25, 0.3) is 11.3 Å². The molecule has 106 valence electrons. The average Bonchev–Trinajstić information content (AvgIpc) is 2.38. The van der Waals surface area contributed by atoms with E-state index in [4.69, 9.17) is 10.5 Å². The normalized spacial score (nSPS) is 11.2. The smallest absolute Gasteiger partial charge is 0.496 e. The molecule has 0 unspecified atom stereocenters. The monoisotopic (exact) mass is 285 g/mol. The second-order valence-electron chi connectivity index (χ2n) is 3.70. The van der Waals surface area contributed by atoms with Gasteiger partial charge in [0, 0.05) is 24.0 Å². The molecule has 1 heterocycles. The lowest BCUT2D eigenvalue weighted by molar-refractivity contribution is -0.274. The Hall–Kier alpha value is -2.51. The van der Waals surface area contributed by atoms with E-state index in [1.807, 2.05) is 0 Å². The Kier molecular flexibility index (Phi) is 3.64. The number of nitrogens with zero attached hydrogens (tertiary/aromatic N) is 2. The van der Waals surface area contributed by atoms with Crippen LogP contribution < -0.4 is 15.2 Å². The number of anilines is 1. The van der Waals surface area contributed by atoms with Crippen molar-refractivity contribution in [3.05, 3.63) is 30.6 Å². The molecule has 2 rings (SSSR count). The summed E-state index contributed by atoms with van der Waals surface area (Å²) in [7, 11) is 1.32. The van der Waals surface area contributed by atoms with Gasteiger partial charge in [0.05, 0.1) is 7.11 Å². The van der Waals surface area contributed by atoms with E-state index < -0.39 is 6.36 Å². The fourth-order valence-electron chi connectivity index (χ4n) is 1.62. The molecule has 8 heteroatoms. The van der Waals surface area contributed by atoms with Gasteiger partial charge < -0.3 is 15.2 Å². The van der Waals surface area contributed by atoms with Gasteiger partial charge >= 0.3 is 6.36 Å². The van der Waals surface area contributed by atoms with Crippen molar-refractivity contribution in [2.75, 3.05) is 12.8 Å². The largest absolute Gasteiger partial charge is 0.573 e. The van der Waals surface area contributed by atoms with E-state index in [1.165, 1.54) is 25.6 Å². The van der Waals surface area contributed by atoms with Crippen LogP contribution in [0.4, 0.5) is 19.0 Å². The number of halogens is 3. The minimum Gasteiger partial charge on any atom is -0.496 e. The molecule has 20 heavy (non-hydrogen) atoms. The van der Waals surface area contributed by atoms with Gasteiger partial charge in [0.2, 0.25) is 0 Å². The lowest BCUT2D eigenvalue weighted by Gasteiger charge is -2.13. The molecule has 0 spiro atoms. The Labute approximate surface area is 112 Å². The summed E-state index contributed by atoms with van der Waals surface area (Å²) in [6.07, 6.45) is -1.93. The van der Waals surface area contributed by atoms with Gasteiger partial charge in [-0.15, -0.1) is 13.2 Å². The van der Waals surface area contributed by atoms with Crippen LogP contribution in [0.15, 0.2) is 30.6 Å². The Morgan fingerprint density at radius 1 is 1.15 bits per heavy atom. The maximum absolute atomic E-state index is 12.2. The number of aromatic nitrogens is 2. The van der Waals surface area contributed by atoms with Gasteiger partial charge in [0.25, 0.3) is 0 Å². The number of rotatable bonds is 3. The molecule has 0 atom stereocenters. The summed E-state index contributed by atoms with van der Waals surface area (Å²) in [6.45, 7) is 0. The first kappa shape index (κ1) is 13.9. The van der Waals surface area contributed by atoms with E-state index in [0.29, 0.717) is 11.3 Å². The summed E-state index contributed by atoms with van der Waals surface area (Å²) >= 11 is 0. The third-order valence-corrected chi connectivity index (χ3v) is 2.39. The van der Waals surface area contributed by atoms with E-state index in [1.54, 1.807) is 0 Å². The van der Waals surface area contributed by atoms with Crippen molar-refractivity contribution in [2.24, 2.45) is 0 Å². The number of benzene rings is 1. The standard InChI is InChI=1S/C12H10F3N3O2/c1-19-9-6-7(20-12(13,14)15)2-3-8(9)10-11(16)18-5-4-17-10/h2-6H,1H3,(H2,16,18). The third kappa shape index (κ3) is 3.08. The minimum atomic E-state index is -4.77. The summed E-state index contributed by atoms with van der Waals surface area (Å²) < 4.78 is 45.3. The highest BCUT2D eigenvalue weighted by atomic mass is 19.4. The second kappa shape index (κ2) is 5.24. The lowest BCUT2D eigenvalue weighted by Crippen LogP contribution is -2.17. The zero-order chi connectivity index (χ0) is 14.8. The molecular weight excluding hydrogens is 275 g/mol. The van der Waals surface area contributed by atoms with Crippen molar-refractivity contribution in [2.45, 2.75) is 6.36 Å². The maximum Gasteiger partial charge on any atom is 0.573 e. The first-order valence-corrected chi connectivity index (χ1v) is 5.41. The molecule has 5 nitrogen and oxygen atoms in total. The highest BCUT2D eigenvalue weighted by molar-refractivity contribution is 5.75. The average molecular weight is 285 g/mol. The number of nitrogen functional groups attached to an aromatic ring is 1. The van der Waals surface area contributed by atoms with Crippen molar-refractivity contribution < 1.29 is 22.6 Å². The van der Waals surface area contributed by atoms with Crippen molar-refractivity contribution >= 4 is 5.82 Å². The quantitative estimate of drug-likeness (QED) is 0.938. The fraction of sp³-hybridized carbons (Fsp3) is 0.167. The first-order valence-electron chi connectivity index (χ1n) is 5.41. The number of ether oxygens (including phenoxy) is 2. The highest BCUT2D eigenvalue weighted by Crippen LogP contribution is 2.35. The fourth-order valence-corrected chi connectivity index (χ4v) is 1.62. The molecule has 0 fully saturated rings. The van der Waals surface area contributed by atoms with E-state index in [0.717, 1.165) is 12.1 Å². The summed E-state index contributed by atoms with van der Waals surface area (Å²) in [5.41, 5.74) is 6.42. The molecule has 0 saturated carbocycles. The summed E-state index contributed by atoms with van der Waals surface area (Å²) in [6, 6.07) is 3.64. The summed E-state index contributed by atoms with van der Waals surface area (Å²) in [4.78, 5) is 7.89. The predicted octanol–water partition coefficient (Wildman–Crippen LogP) is 2.63. The zero-order valence-corrected chi connectivity index (χ0v) is 10.3. The predicted molar refractivity (Wildman–Crippen MR) is 65.1 cm³/mol. The molecular formula is C12H10F3N3O2. The van der Waals surface area contributed by atoms with Gasteiger partial charge in [0.1, 0.15) is 23.0 Å². The number of alkyl halides is 3. The van der Waals surface area contributed by atoms with Gasteiger partial charge in [-0.25, -0.2) is 4.98 Å². The van der Waals surface area contributed by atoms with E-state index in [9.17, 15) is 13.2 Å². The number of nitrogens with two attached hydrogens (primary N) is 1. The van der Waals surface area contributed by atoms with Crippen molar-refractivity contribution in [3.63, 3.8) is 0 Å². The molecule has 0 aliphatic carbocycles. The first-order chi connectivity index (χ1) is 9.40. The van der Waals surface area contributed by atoms with Gasteiger partial charge in [-0.3, -0.25) is 4.98 Å². The Balaban J connectivity index is 2.44. The molecule has 0 aliphatic rings. The van der Waals surface area contributed by atoms with Crippen LogP contribution >= 0.6 is 0 Å². The lowest BCUT2D eigenvalue weighted by atomic mass is 10.1. The molecule has 2 N–H and O–H groups in total. The highest BCUT2D eigenvalue weighted by Gasteiger charge is 2.31. The minimum absolute atomic E-state index is 0.148. The molecule has 2 aromatic rings. The Morgan fingerprint density at radius 3 is 2.45 bits per heavy atom.